The zero-order valence-electron chi connectivity index (χ0n) is 14.2. The van der Waals surface area contributed by atoms with E-state index in [1.807, 2.05) is 20.8 Å². The molecule has 0 fully saturated rings. The Morgan fingerprint density at radius 1 is 0.952 bits per heavy atom. The van der Waals surface area contributed by atoms with Crippen LogP contribution in [0.15, 0.2) is 0 Å². The average molecular weight is 305 g/mol. The van der Waals surface area contributed by atoms with Gasteiger partial charge < -0.3 is 25.1 Å². The summed E-state index contributed by atoms with van der Waals surface area (Å²) in [7, 11) is 0. The number of hydrogen-bond donors (Lipinski definition) is 2. The van der Waals surface area contributed by atoms with E-state index in [0.717, 1.165) is 25.9 Å². The number of aliphatic hydroxyl groups is 1. The molecule has 0 amide bonds. The van der Waals surface area contributed by atoms with Gasteiger partial charge >= 0.3 is 0 Å². The first kappa shape index (κ1) is 20.8. The molecule has 0 saturated carbocycles. The van der Waals surface area contributed by atoms with Crippen LogP contribution in [0.3, 0.4) is 0 Å². The van der Waals surface area contributed by atoms with Crippen LogP contribution in [0.1, 0.15) is 47.0 Å². The van der Waals surface area contributed by atoms with Gasteiger partial charge in [0.2, 0.25) is 0 Å². The second-order valence-electron chi connectivity index (χ2n) is 6.02. The van der Waals surface area contributed by atoms with Crippen LogP contribution in [0.4, 0.5) is 0 Å². The molecule has 0 aromatic rings. The van der Waals surface area contributed by atoms with E-state index in [4.69, 9.17) is 19.9 Å². The fourth-order valence-corrected chi connectivity index (χ4v) is 1.83. The van der Waals surface area contributed by atoms with Crippen LogP contribution in [-0.2, 0) is 14.2 Å². The lowest BCUT2D eigenvalue weighted by Gasteiger charge is -2.16. The number of rotatable bonds is 14. The maximum absolute atomic E-state index is 9.50. The normalized spacial score (nSPS) is 17.4. The first-order valence-corrected chi connectivity index (χ1v) is 8.16. The molecule has 0 radical (unpaired) electrons. The van der Waals surface area contributed by atoms with Gasteiger partial charge in [-0.1, -0.05) is 13.8 Å². The Kier molecular flexibility index (Phi) is 13.3. The monoisotopic (exact) mass is 305 g/mol. The molecule has 4 atom stereocenters. The van der Waals surface area contributed by atoms with Gasteiger partial charge in [-0.2, -0.15) is 0 Å². The number of nitrogens with two attached hydrogens (primary N) is 1. The predicted molar refractivity (Wildman–Crippen MR) is 85.4 cm³/mol. The van der Waals surface area contributed by atoms with Gasteiger partial charge in [-0.15, -0.1) is 0 Å². The molecule has 0 rings (SSSR count). The molecule has 0 aliphatic heterocycles. The molecule has 0 saturated heterocycles. The van der Waals surface area contributed by atoms with Gasteiger partial charge in [0.1, 0.15) is 0 Å². The summed E-state index contributed by atoms with van der Waals surface area (Å²) in [5, 5.41) is 9.50. The Morgan fingerprint density at radius 3 is 2.29 bits per heavy atom. The quantitative estimate of drug-likeness (QED) is 0.480. The molecular weight excluding hydrogens is 270 g/mol. The van der Waals surface area contributed by atoms with Crippen LogP contribution in [0.5, 0.6) is 0 Å². The van der Waals surface area contributed by atoms with Crippen molar-refractivity contribution < 1.29 is 19.3 Å². The Morgan fingerprint density at radius 2 is 1.67 bits per heavy atom. The van der Waals surface area contributed by atoms with Gasteiger partial charge in [-0.3, -0.25) is 0 Å². The molecule has 21 heavy (non-hydrogen) atoms. The van der Waals surface area contributed by atoms with E-state index in [2.05, 4.69) is 6.92 Å². The summed E-state index contributed by atoms with van der Waals surface area (Å²) in [6, 6.07) is 0.0632. The Hall–Kier alpha value is -0.200. The minimum Gasteiger partial charge on any atom is -0.393 e. The van der Waals surface area contributed by atoms with E-state index in [9.17, 15) is 5.11 Å². The van der Waals surface area contributed by atoms with Crippen LogP contribution >= 0.6 is 0 Å². The zero-order chi connectivity index (χ0) is 16.1. The van der Waals surface area contributed by atoms with Crippen molar-refractivity contribution >= 4 is 0 Å². The summed E-state index contributed by atoms with van der Waals surface area (Å²) in [4.78, 5) is 0. The average Bonchev–Trinajstić information content (AvgIpc) is 2.43. The Labute approximate surface area is 130 Å². The maximum Gasteiger partial charge on any atom is 0.0781 e. The number of hydrogen-bond acceptors (Lipinski definition) is 5. The topological polar surface area (TPSA) is 73.9 Å². The maximum atomic E-state index is 9.50. The molecule has 0 bridgehead atoms. The second kappa shape index (κ2) is 13.5. The fraction of sp³-hybridized carbons (Fsp3) is 1.00. The second-order valence-corrected chi connectivity index (χ2v) is 6.02. The van der Waals surface area contributed by atoms with Gasteiger partial charge in [-0.05, 0) is 39.0 Å². The van der Waals surface area contributed by atoms with Gasteiger partial charge in [0, 0.05) is 12.6 Å². The van der Waals surface area contributed by atoms with Gasteiger partial charge in [0.15, 0.2) is 0 Å². The molecule has 128 valence electrons. The summed E-state index contributed by atoms with van der Waals surface area (Å²) >= 11 is 0. The fourth-order valence-electron chi connectivity index (χ4n) is 1.83. The molecule has 4 unspecified atom stereocenters. The Balaban J connectivity index is 3.37. The number of aliphatic hydroxyl groups excluding tert-OH is 1. The first-order chi connectivity index (χ1) is 9.95. The van der Waals surface area contributed by atoms with Crippen LogP contribution in [0, 0.1) is 5.92 Å². The minimum atomic E-state index is -0.173. The summed E-state index contributed by atoms with van der Waals surface area (Å²) in [5.74, 6) is 0.470. The van der Waals surface area contributed by atoms with Gasteiger partial charge in [0.05, 0.1) is 38.6 Å². The lowest BCUT2D eigenvalue weighted by atomic mass is 10.0. The molecule has 5 nitrogen and oxygen atoms in total. The molecule has 3 N–H and O–H groups in total. The highest BCUT2D eigenvalue weighted by Gasteiger charge is 2.07. The standard InChI is InChI=1S/C16H35NO4/c1-5-16(18)7-6-13(2)10-19-8-9-21-15(4)12-20-11-14(3)17/h13-16,18H,5-12,17H2,1-4H3. The van der Waals surface area contributed by atoms with E-state index in [0.29, 0.717) is 32.3 Å². The van der Waals surface area contributed by atoms with Crippen LogP contribution in [0.2, 0.25) is 0 Å². The number of ether oxygens (including phenoxy) is 3. The van der Waals surface area contributed by atoms with Crippen molar-refractivity contribution in [3.8, 4) is 0 Å². The molecule has 0 spiro atoms. The molecule has 0 heterocycles. The highest BCUT2D eigenvalue weighted by molar-refractivity contribution is 4.58. The van der Waals surface area contributed by atoms with Crippen LogP contribution in [-0.4, -0.2) is 56.4 Å². The van der Waals surface area contributed by atoms with Crippen molar-refractivity contribution in [3.63, 3.8) is 0 Å². The van der Waals surface area contributed by atoms with E-state index in [-0.39, 0.29) is 18.2 Å². The minimum absolute atomic E-state index is 0.0597. The summed E-state index contributed by atoms with van der Waals surface area (Å²) < 4.78 is 16.6. The van der Waals surface area contributed by atoms with Crippen LogP contribution in [0.25, 0.3) is 0 Å². The SMILES string of the molecule is CCC(O)CCC(C)COCCOC(C)COCC(C)N. The van der Waals surface area contributed by atoms with Crippen molar-refractivity contribution in [1.82, 2.24) is 0 Å². The highest BCUT2D eigenvalue weighted by atomic mass is 16.5. The van der Waals surface area contributed by atoms with Crippen LogP contribution < -0.4 is 5.73 Å². The molecule has 0 aliphatic carbocycles. The van der Waals surface area contributed by atoms with Crippen molar-refractivity contribution in [1.29, 1.82) is 0 Å². The van der Waals surface area contributed by atoms with Crippen molar-refractivity contribution in [3.05, 3.63) is 0 Å². The van der Waals surface area contributed by atoms with E-state index >= 15 is 0 Å². The third-order valence-corrected chi connectivity index (χ3v) is 3.23. The lowest BCUT2D eigenvalue weighted by molar-refractivity contribution is -0.0347. The van der Waals surface area contributed by atoms with Crippen molar-refractivity contribution in [2.45, 2.75) is 65.2 Å². The molecule has 0 aromatic carbocycles. The van der Waals surface area contributed by atoms with Crippen molar-refractivity contribution in [2.24, 2.45) is 11.7 Å². The highest BCUT2D eigenvalue weighted by Crippen LogP contribution is 2.10. The largest absolute Gasteiger partial charge is 0.393 e. The molecule has 0 aliphatic rings. The zero-order valence-corrected chi connectivity index (χ0v) is 14.2. The Bertz CT molecular complexity index is 226. The lowest BCUT2D eigenvalue weighted by Crippen LogP contribution is -2.26. The molecule has 0 aromatic heterocycles. The molecular formula is C16H35NO4. The third kappa shape index (κ3) is 14.5. The summed E-state index contributed by atoms with van der Waals surface area (Å²) in [6.07, 6.45) is 2.56. The smallest absolute Gasteiger partial charge is 0.0781 e. The van der Waals surface area contributed by atoms with Crippen molar-refractivity contribution in [2.75, 3.05) is 33.0 Å². The van der Waals surface area contributed by atoms with E-state index in [1.54, 1.807) is 0 Å². The van der Waals surface area contributed by atoms with E-state index in [1.165, 1.54) is 0 Å². The van der Waals surface area contributed by atoms with Gasteiger partial charge in [-0.25, -0.2) is 0 Å². The van der Waals surface area contributed by atoms with E-state index < -0.39 is 0 Å². The van der Waals surface area contributed by atoms with Gasteiger partial charge in [0.25, 0.3) is 0 Å². The molecule has 5 heteroatoms. The first-order valence-electron chi connectivity index (χ1n) is 8.16. The summed E-state index contributed by atoms with van der Waals surface area (Å²) in [6.45, 7) is 11.1. The summed E-state index contributed by atoms with van der Waals surface area (Å²) in [5.41, 5.74) is 5.60. The third-order valence-electron chi connectivity index (χ3n) is 3.23. The predicted octanol–water partition coefficient (Wildman–Crippen LogP) is 1.96.